The molecule has 0 aromatic rings. The van der Waals surface area contributed by atoms with Gasteiger partial charge in [0.05, 0.1) is 26.4 Å². The largest absolute Gasteiger partial charge is 0.472 e. The van der Waals surface area contributed by atoms with Crippen LogP contribution in [0.25, 0.3) is 0 Å². The number of carbonyl (C=O) groups is 4. The summed E-state index contributed by atoms with van der Waals surface area (Å²) in [5, 5.41) is 10.6. The molecule has 0 rings (SSSR count). The molecule has 0 bridgehead atoms. The van der Waals surface area contributed by atoms with Crippen LogP contribution in [0.5, 0.6) is 0 Å². The quantitative estimate of drug-likeness (QED) is 0.0222. The summed E-state index contributed by atoms with van der Waals surface area (Å²) < 4.78 is 68.3. The maximum absolute atomic E-state index is 13.0. The molecule has 0 fully saturated rings. The molecule has 0 spiro atoms. The number of hydrogen-bond donors (Lipinski definition) is 3. The van der Waals surface area contributed by atoms with Gasteiger partial charge in [-0.3, -0.25) is 37.3 Å². The molecular formula is C71H138O17P2. The zero-order valence-corrected chi connectivity index (χ0v) is 60.1. The molecule has 90 heavy (non-hydrogen) atoms. The second-order valence-electron chi connectivity index (χ2n) is 26.1. The Morgan fingerprint density at radius 3 is 0.756 bits per heavy atom. The van der Waals surface area contributed by atoms with E-state index in [1.165, 1.54) is 193 Å². The zero-order chi connectivity index (χ0) is 66.3. The Kier molecular flexibility index (Phi) is 63.0. The van der Waals surface area contributed by atoms with Gasteiger partial charge < -0.3 is 33.8 Å². The van der Waals surface area contributed by atoms with Gasteiger partial charge in [0, 0.05) is 25.7 Å². The molecule has 2 unspecified atom stereocenters. The number of rotatable bonds is 71. The van der Waals surface area contributed by atoms with Crippen LogP contribution in [0.4, 0.5) is 0 Å². The average molecular weight is 1330 g/mol. The van der Waals surface area contributed by atoms with Crippen molar-refractivity contribution in [1.29, 1.82) is 0 Å². The molecule has 0 saturated carbocycles. The molecule has 0 saturated heterocycles. The fraction of sp³-hybridized carbons (Fsp3) is 0.944. The van der Waals surface area contributed by atoms with E-state index >= 15 is 0 Å². The summed E-state index contributed by atoms with van der Waals surface area (Å²) in [5.41, 5.74) is 0. The van der Waals surface area contributed by atoms with Crippen LogP contribution in [0.2, 0.25) is 0 Å². The number of phosphoric ester groups is 2. The lowest BCUT2D eigenvalue weighted by Crippen LogP contribution is -2.30. The topological polar surface area (TPSA) is 237 Å². The predicted octanol–water partition coefficient (Wildman–Crippen LogP) is 20.5. The van der Waals surface area contributed by atoms with E-state index in [2.05, 4.69) is 34.6 Å². The lowest BCUT2D eigenvalue weighted by Gasteiger charge is -2.21. The molecule has 17 nitrogen and oxygen atoms in total. The van der Waals surface area contributed by atoms with E-state index in [-0.39, 0.29) is 25.7 Å². The van der Waals surface area contributed by atoms with E-state index in [1.807, 2.05) is 0 Å². The molecule has 19 heteroatoms. The van der Waals surface area contributed by atoms with Crippen molar-refractivity contribution in [1.82, 2.24) is 0 Å². The van der Waals surface area contributed by atoms with Gasteiger partial charge in [-0.25, -0.2) is 9.13 Å². The molecule has 0 aliphatic carbocycles. The van der Waals surface area contributed by atoms with Crippen molar-refractivity contribution < 1.29 is 80.2 Å². The number of aliphatic hydroxyl groups excluding tert-OH is 1. The summed E-state index contributed by atoms with van der Waals surface area (Å²) in [6, 6.07) is 0. The van der Waals surface area contributed by atoms with Crippen molar-refractivity contribution in [2.24, 2.45) is 5.92 Å². The molecule has 0 aromatic heterocycles. The lowest BCUT2D eigenvalue weighted by molar-refractivity contribution is -0.161. The third-order valence-corrected chi connectivity index (χ3v) is 18.4. The summed E-state index contributed by atoms with van der Waals surface area (Å²) in [5.74, 6) is -1.38. The molecule has 0 radical (unpaired) electrons. The number of esters is 4. The highest BCUT2D eigenvalue weighted by Crippen LogP contribution is 2.45. The van der Waals surface area contributed by atoms with Gasteiger partial charge in [-0.05, 0) is 31.6 Å². The average Bonchev–Trinajstić information content (AvgIpc) is 3.67. The minimum absolute atomic E-state index is 0.107. The van der Waals surface area contributed by atoms with Crippen molar-refractivity contribution in [2.75, 3.05) is 39.6 Å². The van der Waals surface area contributed by atoms with Crippen LogP contribution in [-0.4, -0.2) is 96.7 Å². The van der Waals surface area contributed by atoms with Crippen LogP contribution >= 0.6 is 15.6 Å². The monoisotopic (exact) mass is 1320 g/mol. The van der Waals surface area contributed by atoms with Crippen LogP contribution in [0, 0.1) is 5.92 Å². The predicted molar refractivity (Wildman–Crippen MR) is 363 cm³/mol. The number of ether oxygens (including phenoxy) is 4. The lowest BCUT2D eigenvalue weighted by atomic mass is 10.0. The highest BCUT2D eigenvalue weighted by Gasteiger charge is 2.30. The first kappa shape index (κ1) is 88.1. The SMILES string of the molecule is CCCCCCCCCCCCCCCCCCCCC(=O)O[C@H](COC(=O)CCCCCCCCCCCC(C)C)COP(=O)(O)OC[C@@H](O)COP(=O)(O)OC[C@@H](COC(=O)CCCCCCCCCCC)OC(=O)CCCCCCCCCCCCC. The third kappa shape index (κ3) is 64.8. The summed E-state index contributed by atoms with van der Waals surface area (Å²) in [7, 11) is -9.90. The molecule has 5 atom stereocenters. The Hall–Kier alpha value is -1.94. The van der Waals surface area contributed by atoms with Gasteiger partial charge in [0.25, 0.3) is 0 Å². The fourth-order valence-electron chi connectivity index (χ4n) is 10.8. The Labute approximate surface area is 549 Å². The number of hydrogen-bond acceptors (Lipinski definition) is 15. The van der Waals surface area contributed by atoms with Gasteiger partial charge in [-0.15, -0.1) is 0 Å². The smallest absolute Gasteiger partial charge is 0.462 e. The molecule has 0 heterocycles. The van der Waals surface area contributed by atoms with Crippen molar-refractivity contribution >= 4 is 39.5 Å². The zero-order valence-electron chi connectivity index (χ0n) is 58.3. The number of phosphoric acid groups is 2. The fourth-order valence-corrected chi connectivity index (χ4v) is 12.4. The van der Waals surface area contributed by atoms with Crippen LogP contribution in [0.1, 0.15) is 369 Å². The molecule has 0 aliphatic rings. The maximum atomic E-state index is 13.0. The highest BCUT2D eigenvalue weighted by molar-refractivity contribution is 7.47. The van der Waals surface area contributed by atoms with Gasteiger partial charge in [-0.2, -0.15) is 0 Å². The van der Waals surface area contributed by atoms with Crippen LogP contribution < -0.4 is 0 Å². The number of aliphatic hydroxyl groups is 1. The first-order valence-electron chi connectivity index (χ1n) is 37.1. The first-order chi connectivity index (χ1) is 43.5. The standard InChI is InChI=1S/C71H138O17P2/c1-6-9-12-15-18-21-23-24-25-26-27-28-29-31-36-42-47-52-57-71(76)88-67(61-82-69(74)55-50-45-40-37-32-34-38-43-48-53-64(4)5)63-86-90(79,80)84-59-65(72)58-83-89(77,78)85-62-66(60-81-68(73)54-49-44-39-33-20-17-14-11-8-3)87-70(75)56-51-46-41-35-30-22-19-16-13-10-7-2/h64-67,72H,6-63H2,1-5H3,(H,77,78)(H,79,80)/t65-,66+,67+/m0/s1. The summed E-state index contributed by atoms with van der Waals surface area (Å²) in [4.78, 5) is 72.5. The van der Waals surface area contributed by atoms with Crippen LogP contribution in [0.3, 0.4) is 0 Å². The molecule has 0 aromatic carbocycles. The maximum Gasteiger partial charge on any atom is 0.472 e. The normalized spacial score (nSPS) is 14.1. The minimum atomic E-state index is -4.95. The second-order valence-corrected chi connectivity index (χ2v) is 29.0. The van der Waals surface area contributed by atoms with E-state index < -0.39 is 97.5 Å². The first-order valence-corrected chi connectivity index (χ1v) is 40.1. The van der Waals surface area contributed by atoms with Gasteiger partial charge in [0.2, 0.25) is 0 Å². The van der Waals surface area contributed by atoms with Crippen molar-refractivity contribution in [3.8, 4) is 0 Å². The molecule has 0 aliphatic heterocycles. The van der Waals surface area contributed by atoms with Crippen molar-refractivity contribution in [3.05, 3.63) is 0 Å². The van der Waals surface area contributed by atoms with E-state index in [1.54, 1.807) is 0 Å². The Morgan fingerprint density at radius 2 is 0.511 bits per heavy atom. The molecule has 3 N–H and O–H groups in total. The Balaban J connectivity index is 5.21. The third-order valence-electron chi connectivity index (χ3n) is 16.5. The second kappa shape index (κ2) is 64.4. The molecule has 534 valence electrons. The van der Waals surface area contributed by atoms with Gasteiger partial charge in [0.15, 0.2) is 12.2 Å². The van der Waals surface area contributed by atoms with Gasteiger partial charge in [0.1, 0.15) is 19.3 Å². The number of unbranched alkanes of at least 4 members (excludes halogenated alkanes) is 43. The number of carbonyl (C=O) groups excluding carboxylic acids is 4. The molecule has 0 amide bonds. The van der Waals surface area contributed by atoms with E-state index in [0.717, 1.165) is 95.8 Å². The Bertz CT molecular complexity index is 1740. The van der Waals surface area contributed by atoms with Gasteiger partial charge >= 0.3 is 39.5 Å². The van der Waals surface area contributed by atoms with Crippen LogP contribution in [0.15, 0.2) is 0 Å². The van der Waals surface area contributed by atoms with Crippen molar-refractivity contribution in [2.45, 2.75) is 387 Å². The highest BCUT2D eigenvalue weighted by atomic mass is 31.2. The van der Waals surface area contributed by atoms with Gasteiger partial charge in [-0.1, -0.05) is 317 Å². The van der Waals surface area contributed by atoms with E-state index in [0.29, 0.717) is 25.7 Å². The Morgan fingerprint density at radius 1 is 0.300 bits per heavy atom. The van der Waals surface area contributed by atoms with Crippen molar-refractivity contribution in [3.63, 3.8) is 0 Å². The van der Waals surface area contributed by atoms with Crippen LogP contribution in [-0.2, 0) is 65.4 Å². The van der Waals surface area contributed by atoms with E-state index in [9.17, 15) is 43.2 Å². The van der Waals surface area contributed by atoms with E-state index in [4.69, 9.17) is 37.0 Å². The summed E-state index contributed by atoms with van der Waals surface area (Å²) in [6.45, 7) is 7.22. The summed E-state index contributed by atoms with van der Waals surface area (Å²) in [6.07, 6.45) is 51.3. The minimum Gasteiger partial charge on any atom is -0.462 e. The molecular weight excluding hydrogens is 1190 g/mol. The summed E-state index contributed by atoms with van der Waals surface area (Å²) >= 11 is 0.